The van der Waals surface area contributed by atoms with Crippen LogP contribution in [-0.2, 0) is 4.79 Å². The lowest BCUT2D eigenvalue weighted by atomic mass is 9.85. The number of hydrogen-bond acceptors (Lipinski definition) is 1. The topological polar surface area (TPSA) is 20.3 Å². The first kappa shape index (κ1) is 19.1. The van der Waals surface area contributed by atoms with Crippen LogP contribution in [0.25, 0.3) is 0 Å². The first-order valence-electron chi connectivity index (χ1n) is 7.48. The molecule has 134 valence electrons. The van der Waals surface area contributed by atoms with Gasteiger partial charge in [-0.1, -0.05) is 28.1 Å². The number of amides is 1. The molecule has 8 heteroatoms. The third-order valence-corrected chi connectivity index (χ3v) is 4.83. The van der Waals surface area contributed by atoms with Crippen molar-refractivity contribution in [1.82, 2.24) is 4.90 Å². The highest BCUT2D eigenvalue weighted by Gasteiger charge is 2.47. The molecule has 1 amide bonds. The van der Waals surface area contributed by atoms with Crippen molar-refractivity contribution < 1.29 is 26.7 Å². The Bertz CT molecular complexity index is 577. The molecule has 24 heavy (non-hydrogen) atoms. The molecule has 1 aliphatic rings. The molecular weight excluding hydrogens is 397 g/mol. The van der Waals surface area contributed by atoms with Crippen molar-refractivity contribution in [2.75, 3.05) is 7.05 Å². The zero-order valence-corrected chi connectivity index (χ0v) is 14.5. The Morgan fingerprint density at radius 3 is 2.17 bits per heavy atom. The van der Waals surface area contributed by atoms with E-state index in [1.54, 1.807) is 0 Å². The second-order valence-corrected chi connectivity index (χ2v) is 6.99. The first-order valence-corrected chi connectivity index (χ1v) is 8.27. The Morgan fingerprint density at radius 1 is 1.21 bits per heavy atom. The quantitative estimate of drug-likeness (QED) is 0.612. The van der Waals surface area contributed by atoms with Gasteiger partial charge in [-0.05, 0) is 30.5 Å². The lowest BCUT2D eigenvalue weighted by Gasteiger charge is -2.35. The molecule has 0 spiro atoms. The monoisotopic (exact) mass is 413 g/mol. The van der Waals surface area contributed by atoms with Crippen LogP contribution in [0.4, 0.5) is 22.0 Å². The number of carbonyl (C=O) groups is 1. The normalized spacial score (nSPS) is 19.8. The van der Waals surface area contributed by atoms with Crippen LogP contribution in [0.3, 0.4) is 0 Å². The average Bonchev–Trinajstić information content (AvgIpc) is 2.47. The largest absolute Gasteiger partial charge is 0.413 e. The van der Waals surface area contributed by atoms with E-state index in [-0.39, 0.29) is 18.4 Å². The van der Waals surface area contributed by atoms with Gasteiger partial charge in [-0.2, -0.15) is 13.2 Å². The smallest absolute Gasteiger partial charge is 0.330 e. The highest BCUT2D eigenvalue weighted by atomic mass is 79.9. The standard InChI is InChI=1S/C16H17BrF5NO/c1-23(14(24)11-6-8-15(18,19)9-7-11)13(16(20,21)22)10-2-4-12(17)5-3-10/h2-5,11,13H,6-9H2,1H3/t13-/m0/s1. The molecule has 0 aromatic heterocycles. The van der Waals surface area contributed by atoms with Crippen molar-refractivity contribution in [2.24, 2.45) is 5.92 Å². The van der Waals surface area contributed by atoms with Gasteiger partial charge in [-0.25, -0.2) is 8.78 Å². The predicted molar refractivity (Wildman–Crippen MR) is 82.6 cm³/mol. The molecule has 0 radical (unpaired) electrons. The molecule has 2 nitrogen and oxygen atoms in total. The molecule has 0 heterocycles. The van der Waals surface area contributed by atoms with Gasteiger partial charge >= 0.3 is 6.18 Å². The van der Waals surface area contributed by atoms with Gasteiger partial charge in [0.15, 0.2) is 6.04 Å². The highest BCUT2D eigenvalue weighted by Crippen LogP contribution is 2.41. The van der Waals surface area contributed by atoms with E-state index in [2.05, 4.69) is 15.9 Å². The van der Waals surface area contributed by atoms with Crippen LogP contribution < -0.4 is 0 Å². The van der Waals surface area contributed by atoms with Gasteiger partial charge < -0.3 is 4.90 Å². The highest BCUT2D eigenvalue weighted by molar-refractivity contribution is 9.10. The average molecular weight is 414 g/mol. The molecule has 0 aliphatic heterocycles. The van der Waals surface area contributed by atoms with Crippen molar-refractivity contribution in [2.45, 2.75) is 43.8 Å². The molecule has 1 atom stereocenters. The minimum absolute atomic E-state index is 0.0670. The third-order valence-electron chi connectivity index (χ3n) is 4.30. The summed E-state index contributed by atoms with van der Waals surface area (Å²) in [5.74, 6) is -4.37. The number of alkyl halides is 5. The Labute approximate surface area is 145 Å². The van der Waals surface area contributed by atoms with Crippen LogP contribution in [0.1, 0.15) is 37.3 Å². The summed E-state index contributed by atoms with van der Waals surface area (Å²) in [5.41, 5.74) is -0.0670. The maximum absolute atomic E-state index is 13.5. The lowest BCUT2D eigenvalue weighted by molar-refractivity contribution is -0.191. The summed E-state index contributed by atoms with van der Waals surface area (Å²) < 4.78 is 67.4. The zero-order chi connectivity index (χ0) is 18.1. The van der Waals surface area contributed by atoms with E-state index in [4.69, 9.17) is 0 Å². The summed E-state index contributed by atoms with van der Waals surface area (Å²) in [4.78, 5) is 13.0. The lowest BCUT2D eigenvalue weighted by Crippen LogP contribution is -2.44. The summed E-state index contributed by atoms with van der Waals surface area (Å²) in [6.45, 7) is 0. The van der Waals surface area contributed by atoms with Gasteiger partial charge in [-0.3, -0.25) is 4.79 Å². The zero-order valence-electron chi connectivity index (χ0n) is 12.9. The summed E-state index contributed by atoms with van der Waals surface area (Å²) >= 11 is 3.15. The minimum Gasteiger partial charge on any atom is -0.330 e. The molecule has 0 unspecified atom stereocenters. The van der Waals surface area contributed by atoms with Gasteiger partial charge in [0.25, 0.3) is 0 Å². The number of hydrogen-bond donors (Lipinski definition) is 0. The van der Waals surface area contributed by atoms with Crippen molar-refractivity contribution in [3.05, 3.63) is 34.3 Å². The van der Waals surface area contributed by atoms with Crippen LogP contribution >= 0.6 is 15.9 Å². The fourth-order valence-electron chi connectivity index (χ4n) is 2.98. The van der Waals surface area contributed by atoms with E-state index in [1.165, 1.54) is 24.3 Å². The second kappa shape index (κ2) is 6.98. The number of halogens is 6. The Balaban J connectivity index is 2.20. The molecular formula is C16H17BrF5NO. The van der Waals surface area contributed by atoms with Gasteiger partial charge in [0, 0.05) is 30.3 Å². The summed E-state index contributed by atoms with van der Waals surface area (Å²) in [6.07, 6.45) is -5.78. The molecule has 1 aliphatic carbocycles. The van der Waals surface area contributed by atoms with E-state index >= 15 is 0 Å². The number of benzene rings is 1. The van der Waals surface area contributed by atoms with Crippen molar-refractivity contribution in [3.63, 3.8) is 0 Å². The van der Waals surface area contributed by atoms with Crippen molar-refractivity contribution in [1.29, 1.82) is 0 Å². The summed E-state index contributed by atoms with van der Waals surface area (Å²) in [7, 11) is 1.08. The van der Waals surface area contributed by atoms with Crippen LogP contribution in [0.5, 0.6) is 0 Å². The van der Waals surface area contributed by atoms with Crippen LogP contribution in [0.2, 0.25) is 0 Å². The summed E-state index contributed by atoms with van der Waals surface area (Å²) in [5, 5.41) is 0. The van der Waals surface area contributed by atoms with E-state index < -0.39 is 42.8 Å². The van der Waals surface area contributed by atoms with Crippen LogP contribution in [0.15, 0.2) is 28.7 Å². The van der Waals surface area contributed by atoms with E-state index in [9.17, 15) is 26.7 Å². The van der Waals surface area contributed by atoms with E-state index in [0.717, 1.165) is 7.05 Å². The van der Waals surface area contributed by atoms with Crippen molar-refractivity contribution >= 4 is 21.8 Å². The van der Waals surface area contributed by atoms with E-state index in [1.807, 2.05) is 0 Å². The fraction of sp³-hybridized carbons (Fsp3) is 0.562. The second-order valence-electron chi connectivity index (χ2n) is 6.08. The molecule has 0 bridgehead atoms. The molecule has 0 N–H and O–H groups in total. The summed E-state index contributed by atoms with van der Waals surface area (Å²) in [6, 6.07) is 3.42. The van der Waals surface area contributed by atoms with Gasteiger partial charge in [0.1, 0.15) is 0 Å². The number of nitrogens with zero attached hydrogens (tertiary/aromatic N) is 1. The Morgan fingerprint density at radius 2 is 1.71 bits per heavy atom. The third kappa shape index (κ3) is 4.46. The SMILES string of the molecule is CN(C(=O)C1CCC(F)(F)CC1)[C@@H](c1ccc(Br)cc1)C(F)(F)F. The molecule has 1 fully saturated rings. The predicted octanol–water partition coefficient (Wildman–Crippen LogP) is 5.34. The Kier molecular flexibility index (Phi) is 5.57. The van der Waals surface area contributed by atoms with E-state index in [0.29, 0.717) is 9.37 Å². The molecule has 2 rings (SSSR count). The van der Waals surface area contributed by atoms with Gasteiger partial charge in [0.05, 0.1) is 0 Å². The Hall–Kier alpha value is -1.18. The molecule has 1 aromatic rings. The fourth-order valence-corrected chi connectivity index (χ4v) is 3.24. The van der Waals surface area contributed by atoms with Gasteiger partial charge in [-0.15, -0.1) is 0 Å². The maximum atomic E-state index is 13.5. The van der Waals surface area contributed by atoms with Crippen LogP contribution in [0, 0.1) is 5.92 Å². The van der Waals surface area contributed by atoms with Gasteiger partial charge in [0.2, 0.25) is 11.8 Å². The molecule has 1 aromatic carbocycles. The maximum Gasteiger partial charge on any atom is 0.413 e. The molecule has 0 saturated heterocycles. The number of carbonyl (C=O) groups excluding carboxylic acids is 1. The first-order chi connectivity index (χ1) is 11.0. The molecule has 1 saturated carbocycles. The van der Waals surface area contributed by atoms with Crippen molar-refractivity contribution in [3.8, 4) is 0 Å². The van der Waals surface area contributed by atoms with Crippen LogP contribution in [-0.4, -0.2) is 30.0 Å². The minimum atomic E-state index is -4.66. The number of rotatable bonds is 3.